The number of aromatic carboxylic acids is 1. The Balaban J connectivity index is 2.86. The van der Waals surface area contributed by atoms with Gasteiger partial charge < -0.3 is 5.11 Å². The van der Waals surface area contributed by atoms with Gasteiger partial charge in [-0.1, -0.05) is 18.2 Å². The zero-order valence-corrected chi connectivity index (χ0v) is 11.2. The maximum Gasteiger partial charge on any atom is 0.339 e. The van der Waals surface area contributed by atoms with Crippen LogP contribution in [0.25, 0.3) is 11.1 Å². The highest BCUT2D eigenvalue weighted by Gasteiger charge is 2.25. The van der Waals surface area contributed by atoms with Gasteiger partial charge in [0.05, 0.1) is 0 Å². The lowest BCUT2D eigenvalue weighted by molar-refractivity contribution is 0.0692. The summed E-state index contributed by atoms with van der Waals surface area (Å²) in [5.74, 6) is -2.11. The number of sulfone groups is 1. The van der Waals surface area contributed by atoms with Gasteiger partial charge in [0.1, 0.15) is 11.4 Å². The van der Waals surface area contributed by atoms with Crippen molar-refractivity contribution >= 4 is 15.8 Å². The van der Waals surface area contributed by atoms with Gasteiger partial charge in [0, 0.05) is 23.6 Å². The molecule has 2 aromatic rings. The van der Waals surface area contributed by atoms with Gasteiger partial charge in [-0.3, -0.25) is 0 Å². The minimum absolute atomic E-state index is 0.0113. The Morgan fingerprint density at radius 1 is 1.20 bits per heavy atom. The molecule has 0 unspecified atom stereocenters. The van der Waals surface area contributed by atoms with E-state index in [1.807, 2.05) is 0 Å². The van der Waals surface area contributed by atoms with Crippen LogP contribution in [0, 0.1) is 5.82 Å². The molecule has 0 atom stereocenters. The minimum atomic E-state index is -3.84. The molecule has 0 radical (unpaired) electrons. The second-order valence-electron chi connectivity index (χ2n) is 4.10. The van der Waals surface area contributed by atoms with Crippen molar-refractivity contribution in [2.24, 2.45) is 0 Å². The van der Waals surface area contributed by atoms with Crippen molar-refractivity contribution in [1.82, 2.24) is 4.98 Å². The van der Waals surface area contributed by atoms with Gasteiger partial charge in [-0.15, -0.1) is 0 Å². The molecule has 1 N–H and O–H groups in total. The average molecular weight is 295 g/mol. The predicted octanol–water partition coefficient (Wildman–Crippen LogP) is 1.99. The van der Waals surface area contributed by atoms with Gasteiger partial charge >= 0.3 is 5.97 Å². The average Bonchev–Trinajstić information content (AvgIpc) is 2.37. The van der Waals surface area contributed by atoms with E-state index in [0.717, 1.165) is 12.5 Å². The van der Waals surface area contributed by atoms with Crippen LogP contribution < -0.4 is 0 Å². The van der Waals surface area contributed by atoms with E-state index in [9.17, 15) is 22.7 Å². The molecule has 1 heterocycles. The van der Waals surface area contributed by atoms with Crippen molar-refractivity contribution in [2.45, 2.75) is 5.03 Å². The zero-order chi connectivity index (χ0) is 14.9. The smallest absolute Gasteiger partial charge is 0.339 e. The fourth-order valence-electron chi connectivity index (χ4n) is 1.83. The quantitative estimate of drug-likeness (QED) is 0.936. The van der Waals surface area contributed by atoms with Crippen LogP contribution in [-0.2, 0) is 9.84 Å². The number of halogens is 1. The molecule has 0 spiro atoms. The number of hydrogen-bond acceptors (Lipinski definition) is 4. The molecule has 104 valence electrons. The monoisotopic (exact) mass is 295 g/mol. The van der Waals surface area contributed by atoms with E-state index in [4.69, 9.17) is 0 Å². The molecule has 5 nitrogen and oxygen atoms in total. The van der Waals surface area contributed by atoms with E-state index in [-0.39, 0.29) is 11.1 Å². The summed E-state index contributed by atoms with van der Waals surface area (Å²) in [4.78, 5) is 14.9. The summed E-state index contributed by atoms with van der Waals surface area (Å²) in [5.41, 5.74) is -0.539. The van der Waals surface area contributed by atoms with E-state index >= 15 is 0 Å². The van der Waals surface area contributed by atoms with Crippen molar-refractivity contribution < 1.29 is 22.7 Å². The molecule has 2 rings (SSSR count). The molecule has 0 aliphatic heterocycles. The van der Waals surface area contributed by atoms with Crippen molar-refractivity contribution in [3.8, 4) is 11.1 Å². The maximum absolute atomic E-state index is 13.8. The number of hydrogen-bond donors (Lipinski definition) is 1. The third-order valence-corrected chi connectivity index (χ3v) is 3.66. The molecule has 0 saturated carbocycles. The Hall–Kier alpha value is -2.28. The SMILES string of the molecule is CS(=O)(=O)c1nccc(-c2ccccc2F)c1C(=O)O. The Kier molecular flexibility index (Phi) is 3.54. The topological polar surface area (TPSA) is 84.3 Å². The summed E-state index contributed by atoms with van der Waals surface area (Å²) in [7, 11) is -3.84. The van der Waals surface area contributed by atoms with Gasteiger partial charge in [0.2, 0.25) is 0 Å². The molecule has 0 aliphatic rings. The third-order valence-electron chi connectivity index (χ3n) is 2.65. The van der Waals surface area contributed by atoms with E-state index in [2.05, 4.69) is 4.98 Å². The largest absolute Gasteiger partial charge is 0.478 e. The summed E-state index contributed by atoms with van der Waals surface area (Å²) in [6.07, 6.45) is 2.00. The van der Waals surface area contributed by atoms with Crippen LogP contribution >= 0.6 is 0 Å². The number of rotatable bonds is 3. The molecule has 20 heavy (non-hydrogen) atoms. The summed E-state index contributed by atoms with van der Waals surface area (Å²) in [6, 6.07) is 6.81. The highest BCUT2D eigenvalue weighted by molar-refractivity contribution is 7.90. The number of carboxylic acids is 1. The predicted molar refractivity (Wildman–Crippen MR) is 69.7 cm³/mol. The first kappa shape index (κ1) is 14.1. The van der Waals surface area contributed by atoms with E-state index in [0.29, 0.717) is 0 Å². The Morgan fingerprint density at radius 3 is 2.40 bits per heavy atom. The first-order valence-electron chi connectivity index (χ1n) is 5.49. The minimum Gasteiger partial charge on any atom is -0.478 e. The molecular formula is C13H10FNO4S. The van der Waals surface area contributed by atoms with Crippen LogP contribution in [-0.4, -0.2) is 30.7 Å². The van der Waals surface area contributed by atoms with Gasteiger partial charge in [0.25, 0.3) is 0 Å². The summed E-state index contributed by atoms with van der Waals surface area (Å²) in [5, 5.41) is 8.66. The Morgan fingerprint density at radius 2 is 1.85 bits per heavy atom. The van der Waals surface area contributed by atoms with Crippen LogP contribution in [0.4, 0.5) is 4.39 Å². The highest BCUT2D eigenvalue weighted by Crippen LogP contribution is 2.29. The lowest BCUT2D eigenvalue weighted by Crippen LogP contribution is -2.12. The van der Waals surface area contributed by atoms with Crippen molar-refractivity contribution in [2.75, 3.05) is 6.26 Å². The van der Waals surface area contributed by atoms with Gasteiger partial charge in [-0.2, -0.15) is 0 Å². The molecule has 0 fully saturated rings. The third kappa shape index (κ3) is 2.53. The first-order chi connectivity index (χ1) is 9.32. The van der Waals surface area contributed by atoms with Crippen molar-refractivity contribution in [3.63, 3.8) is 0 Å². The molecule has 7 heteroatoms. The van der Waals surface area contributed by atoms with Crippen LogP contribution in [0.1, 0.15) is 10.4 Å². The summed E-state index contributed by atoms with van der Waals surface area (Å²) >= 11 is 0. The van der Waals surface area contributed by atoms with Gasteiger partial charge in [0.15, 0.2) is 14.9 Å². The molecule has 0 bridgehead atoms. The maximum atomic E-state index is 13.8. The Labute approximate surface area is 114 Å². The van der Waals surface area contributed by atoms with Gasteiger partial charge in [-0.25, -0.2) is 22.6 Å². The fraction of sp³-hybridized carbons (Fsp3) is 0.0769. The molecule has 1 aromatic carbocycles. The highest BCUT2D eigenvalue weighted by atomic mass is 32.2. The number of carbonyl (C=O) groups is 1. The fourth-order valence-corrected chi connectivity index (χ4v) is 2.65. The molecule has 0 saturated heterocycles. The molecular weight excluding hydrogens is 285 g/mol. The lowest BCUT2D eigenvalue weighted by atomic mass is 10.0. The second-order valence-corrected chi connectivity index (χ2v) is 6.03. The normalized spacial score (nSPS) is 11.3. The summed E-state index contributed by atoms with van der Waals surface area (Å²) in [6.45, 7) is 0. The van der Waals surface area contributed by atoms with E-state index in [1.165, 1.54) is 30.3 Å². The van der Waals surface area contributed by atoms with Crippen LogP contribution in [0.3, 0.4) is 0 Å². The number of aromatic nitrogens is 1. The number of benzene rings is 1. The van der Waals surface area contributed by atoms with Gasteiger partial charge in [-0.05, 0) is 12.1 Å². The number of carboxylic acid groups (broad SMARTS) is 1. The van der Waals surface area contributed by atoms with E-state index in [1.54, 1.807) is 0 Å². The van der Waals surface area contributed by atoms with Crippen LogP contribution in [0.2, 0.25) is 0 Å². The lowest BCUT2D eigenvalue weighted by Gasteiger charge is -2.10. The molecule has 1 aromatic heterocycles. The second kappa shape index (κ2) is 5.01. The van der Waals surface area contributed by atoms with Crippen LogP contribution in [0.5, 0.6) is 0 Å². The number of pyridine rings is 1. The standard InChI is InChI=1S/C13H10FNO4S/c1-20(18,19)12-11(13(16)17)9(6-7-15-12)8-4-2-3-5-10(8)14/h2-7H,1H3,(H,16,17). The van der Waals surface area contributed by atoms with Crippen molar-refractivity contribution in [3.05, 3.63) is 47.9 Å². The molecule has 0 amide bonds. The summed E-state index contributed by atoms with van der Waals surface area (Å²) < 4.78 is 37.0. The first-order valence-corrected chi connectivity index (χ1v) is 7.38. The van der Waals surface area contributed by atoms with Crippen molar-refractivity contribution in [1.29, 1.82) is 0 Å². The zero-order valence-electron chi connectivity index (χ0n) is 10.4. The van der Waals surface area contributed by atoms with E-state index < -0.39 is 32.2 Å². The number of nitrogens with zero attached hydrogens (tertiary/aromatic N) is 1. The van der Waals surface area contributed by atoms with Crippen LogP contribution in [0.15, 0.2) is 41.6 Å². The Bertz CT molecular complexity index is 787. The molecule has 0 aliphatic carbocycles.